The summed E-state index contributed by atoms with van der Waals surface area (Å²) in [5.41, 5.74) is 2.63. The van der Waals surface area contributed by atoms with Crippen molar-refractivity contribution in [2.75, 3.05) is 25.0 Å². The highest BCUT2D eigenvalue weighted by Crippen LogP contribution is 2.32. The summed E-state index contributed by atoms with van der Waals surface area (Å²) >= 11 is 0. The maximum absolute atomic E-state index is 6.26. The quantitative estimate of drug-likeness (QED) is 0.904. The molecular formula is C16H24N2O. The van der Waals surface area contributed by atoms with E-state index in [0.717, 1.165) is 44.6 Å². The molecular weight excluding hydrogens is 236 g/mol. The highest BCUT2D eigenvalue weighted by Gasteiger charge is 2.23. The highest BCUT2D eigenvalue weighted by atomic mass is 16.5. The first-order chi connectivity index (χ1) is 9.24. The highest BCUT2D eigenvalue weighted by molar-refractivity contribution is 5.61. The number of hydrogen-bond donors (Lipinski definition) is 1. The van der Waals surface area contributed by atoms with Gasteiger partial charge in [-0.15, -0.1) is 0 Å². The Morgan fingerprint density at radius 3 is 2.79 bits per heavy atom. The van der Waals surface area contributed by atoms with E-state index in [9.17, 15) is 0 Å². The van der Waals surface area contributed by atoms with Crippen molar-refractivity contribution in [1.82, 2.24) is 4.90 Å². The lowest BCUT2D eigenvalue weighted by molar-refractivity contribution is 0.0838. The number of ether oxygens (including phenoxy) is 1. The summed E-state index contributed by atoms with van der Waals surface area (Å²) in [5, 5.41) is 3.41. The average molecular weight is 260 g/mol. The standard InChI is InChI=1S/C16H24N2O/c1-12(2)18-10-7-13(8-11-18)19-16-5-3-4-15-14(16)6-9-17-15/h3-5,12-13,17H,6-11H2,1-2H3. The van der Waals surface area contributed by atoms with Crippen LogP contribution in [0.4, 0.5) is 5.69 Å². The zero-order valence-electron chi connectivity index (χ0n) is 12.0. The van der Waals surface area contributed by atoms with Crippen molar-refractivity contribution in [2.24, 2.45) is 0 Å². The lowest BCUT2D eigenvalue weighted by atomic mass is 10.1. The van der Waals surface area contributed by atoms with Crippen LogP contribution in [0.5, 0.6) is 5.75 Å². The van der Waals surface area contributed by atoms with E-state index in [1.807, 2.05) is 0 Å². The average Bonchev–Trinajstić information content (AvgIpc) is 2.89. The molecule has 0 atom stereocenters. The first kappa shape index (κ1) is 12.8. The zero-order chi connectivity index (χ0) is 13.2. The molecule has 0 radical (unpaired) electrons. The zero-order valence-corrected chi connectivity index (χ0v) is 12.0. The van der Waals surface area contributed by atoms with E-state index in [-0.39, 0.29) is 0 Å². The molecule has 0 spiro atoms. The number of hydrogen-bond acceptors (Lipinski definition) is 3. The molecule has 0 bridgehead atoms. The summed E-state index contributed by atoms with van der Waals surface area (Å²) in [6.07, 6.45) is 3.78. The van der Waals surface area contributed by atoms with Gasteiger partial charge in [0, 0.05) is 36.9 Å². The van der Waals surface area contributed by atoms with E-state index in [1.54, 1.807) is 0 Å². The Kier molecular flexibility index (Phi) is 3.65. The van der Waals surface area contributed by atoms with Gasteiger partial charge in [0.05, 0.1) is 0 Å². The molecule has 2 heterocycles. The Labute approximate surface area is 115 Å². The van der Waals surface area contributed by atoms with Crippen molar-refractivity contribution in [2.45, 2.75) is 45.3 Å². The maximum Gasteiger partial charge on any atom is 0.125 e. The third kappa shape index (κ3) is 2.71. The van der Waals surface area contributed by atoms with Gasteiger partial charge in [-0.2, -0.15) is 0 Å². The van der Waals surface area contributed by atoms with E-state index < -0.39 is 0 Å². The molecule has 0 unspecified atom stereocenters. The van der Waals surface area contributed by atoms with Crippen molar-refractivity contribution in [3.8, 4) is 5.75 Å². The van der Waals surface area contributed by atoms with Crippen molar-refractivity contribution >= 4 is 5.69 Å². The topological polar surface area (TPSA) is 24.5 Å². The molecule has 0 amide bonds. The van der Waals surface area contributed by atoms with Crippen LogP contribution in [0.3, 0.4) is 0 Å². The third-order valence-corrected chi connectivity index (χ3v) is 4.32. The van der Waals surface area contributed by atoms with Gasteiger partial charge in [-0.25, -0.2) is 0 Å². The summed E-state index contributed by atoms with van der Waals surface area (Å²) < 4.78 is 6.26. The number of likely N-dealkylation sites (tertiary alicyclic amines) is 1. The molecule has 1 saturated heterocycles. The number of nitrogens with zero attached hydrogens (tertiary/aromatic N) is 1. The molecule has 104 valence electrons. The van der Waals surface area contributed by atoms with Crippen LogP contribution in [0.25, 0.3) is 0 Å². The van der Waals surface area contributed by atoms with Gasteiger partial charge in [0.2, 0.25) is 0 Å². The van der Waals surface area contributed by atoms with Gasteiger partial charge in [0.25, 0.3) is 0 Å². The minimum Gasteiger partial charge on any atom is -0.490 e. The molecule has 3 heteroatoms. The van der Waals surface area contributed by atoms with Crippen LogP contribution in [0.1, 0.15) is 32.3 Å². The van der Waals surface area contributed by atoms with Crippen LogP contribution in [0.15, 0.2) is 18.2 Å². The fourth-order valence-electron chi connectivity index (χ4n) is 3.11. The number of benzene rings is 1. The predicted octanol–water partition coefficient (Wildman–Crippen LogP) is 2.91. The van der Waals surface area contributed by atoms with E-state index in [0.29, 0.717) is 12.1 Å². The van der Waals surface area contributed by atoms with Crippen LogP contribution >= 0.6 is 0 Å². The molecule has 1 N–H and O–H groups in total. The van der Waals surface area contributed by atoms with Gasteiger partial charge in [0.1, 0.15) is 11.9 Å². The first-order valence-electron chi connectivity index (χ1n) is 7.50. The second kappa shape index (κ2) is 5.41. The number of fused-ring (bicyclic) bond motifs is 1. The molecule has 19 heavy (non-hydrogen) atoms. The second-order valence-electron chi connectivity index (χ2n) is 5.91. The van der Waals surface area contributed by atoms with E-state index in [1.165, 1.54) is 11.3 Å². The molecule has 2 aliphatic rings. The molecule has 1 fully saturated rings. The molecule has 1 aromatic carbocycles. The molecule has 3 nitrogen and oxygen atoms in total. The van der Waals surface area contributed by atoms with Crippen LogP contribution in [-0.2, 0) is 6.42 Å². The van der Waals surface area contributed by atoms with Gasteiger partial charge in [0.15, 0.2) is 0 Å². The third-order valence-electron chi connectivity index (χ3n) is 4.32. The van der Waals surface area contributed by atoms with E-state index >= 15 is 0 Å². The molecule has 0 aliphatic carbocycles. The molecule has 2 aliphatic heterocycles. The minimum absolute atomic E-state index is 0.391. The predicted molar refractivity (Wildman–Crippen MR) is 79.0 cm³/mol. The Morgan fingerprint density at radius 2 is 2.05 bits per heavy atom. The monoisotopic (exact) mass is 260 g/mol. The number of nitrogens with one attached hydrogen (secondary N) is 1. The summed E-state index contributed by atoms with van der Waals surface area (Å²) in [6.45, 7) is 7.92. The number of rotatable bonds is 3. The fourth-order valence-corrected chi connectivity index (χ4v) is 3.11. The van der Waals surface area contributed by atoms with E-state index in [4.69, 9.17) is 4.74 Å². The SMILES string of the molecule is CC(C)N1CCC(Oc2cccc3c2CCN3)CC1. The fraction of sp³-hybridized carbons (Fsp3) is 0.625. The number of anilines is 1. The summed E-state index contributed by atoms with van der Waals surface area (Å²) in [5.74, 6) is 1.10. The number of piperidine rings is 1. The van der Waals surface area contributed by atoms with Crippen molar-refractivity contribution in [3.63, 3.8) is 0 Å². The summed E-state index contributed by atoms with van der Waals surface area (Å²) in [4.78, 5) is 2.54. The summed E-state index contributed by atoms with van der Waals surface area (Å²) in [6, 6.07) is 7.03. The Bertz CT molecular complexity index is 436. The van der Waals surface area contributed by atoms with Gasteiger partial charge in [-0.05, 0) is 45.2 Å². The summed E-state index contributed by atoms with van der Waals surface area (Å²) in [7, 11) is 0. The molecule has 0 aromatic heterocycles. The van der Waals surface area contributed by atoms with Gasteiger partial charge >= 0.3 is 0 Å². The Morgan fingerprint density at radius 1 is 1.26 bits per heavy atom. The lowest BCUT2D eigenvalue weighted by Gasteiger charge is -2.34. The smallest absolute Gasteiger partial charge is 0.125 e. The van der Waals surface area contributed by atoms with Crippen molar-refractivity contribution in [3.05, 3.63) is 23.8 Å². The van der Waals surface area contributed by atoms with Gasteiger partial charge in [-0.3, -0.25) is 0 Å². The molecule has 0 saturated carbocycles. The first-order valence-corrected chi connectivity index (χ1v) is 7.50. The normalized spacial score (nSPS) is 20.4. The van der Waals surface area contributed by atoms with Crippen LogP contribution in [0, 0.1) is 0 Å². The minimum atomic E-state index is 0.391. The maximum atomic E-state index is 6.26. The van der Waals surface area contributed by atoms with Crippen molar-refractivity contribution in [1.29, 1.82) is 0 Å². The van der Waals surface area contributed by atoms with Crippen molar-refractivity contribution < 1.29 is 4.74 Å². The van der Waals surface area contributed by atoms with Crippen LogP contribution in [0.2, 0.25) is 0 Å². The van der Waals surface area contributed by atoms with Gasteiger partial charge < -0.3 is 15.0 Å². The van der Waals surface area contributed by atoms with E-state index in [2.05, 4.69) is 42.3 Å². The van der Waals surface area contributed by atoms with Crippen LogP contribution in [-0.4, -0.2) is 36.7 Å². The molecule has 3 rings (SSSR count). The Balaban J connectivity index is 1.63. The van der Waals surface area contributed by atoms with Gasteiger partial charge in [-0.1, -0.05) is 6.07 Å². The second-order valence-corrected chi connectivity index (χ2v) is 5.91. The molecule has 1 aromatic rings. The lowest BCUT2D eigenvalue weighted by Crippen LogP contribution is -2.41. The Hall–Kier alpha value is -1.22. The largest absolute Gasteiger partial charge is 0.490 e. The van der Waals surface area contributed by atoms with Crippen LogP contribution < -0.4 is 10.1 Å².